The van der Waals surface area contributed by atoms with Gasteiger partial charge in [-0.3, -0.25) is 14.4 Å². The van der Waals surface area contributed by atoms with Crippen molar-refractivity contribution >= 4 is 29.1 Å². The molecule has 6 rings (SSSR count). The molecule has 9 nitrogen and oxygen atoms in total. The lowest BCUT2D eigenvalue weighted by molar-refractivity contribution is -0.148. The van der Waals surface area contributed by atoms with Crippen LogP contribution < -0.4 is 14.5 Å². The molecule has 0 aromatic heterocycles. The summed E-state index contributed by atoms with van der Waals surface area (Å²) in [6.45, 7) is 16.2. The molecule has 1 spiro atoms. The lowest BCUT2D eigenvalue weighted by Gasteiger charge is -2.40. The number of fused-ring (bicyclic) bond motifs is 1. The molecule has 3 aromatic carbocycles. The number of carbonyl (C=O) groups excluding carboxylic acids is 3. The molecule has 268 valence electrons. The van der Waals surface area contributed by atoms with Crippen molar-refractivity contribution in [3.63, 3.8) is 0 Å². The molecule has 1 N–H and O–H groups in total. The number of carbonyl (C=O) groups is 3. The molecule has 3 aromatic rings. The molecule has 3 amide bonds. The predicted octanol–water partition coefficient (Wildman–Crippen LogP) is 5.81. The number of hydrogen-bond donors (Lipinski definition) is 1. The zero-order valence-corrected chi connectivity index (χ0v) is 30.1. The molecule has 3 aliphatic heterocycles. The molecular formula is C42H49N3O6. The van der Waals surface area contributed by atoms with Crippen molar-refractivity contribution in [2.45, 2.75) is 70.2 Å². The molecule has 2 unspecified atom stereocenters. The first-order valence-corrected chi connectivity index (χ1v) is 17.9. The fourth-order valence-electron chi connectivity index (χ4n) is 8.86. The number of aliphatic hydroxyl groups excluding tert-OH is 1. The van der Waals surface area contributed by atoms with Gasteiger partial charge in [0.05, 0.1) is 36.7 Å². The second kappa shape index (κ2) is 14.5. The van der Waals surface area contributed by atoms with Gasteiger partial charge in [0.2, 0.25) is 11.8 Å². The molecule has 2 bridgehead atoms. The van der Waals surface area contributed by atoms with Crippen LogP contribution in [0.25, 0.3) is 0 Å². The minimum Gasteiger partial charge on any atom is -0.494 e. The van der Waals surface area contributed by atoms with Gasteiger partial charge < -0.3 is 29.3 Å². The van der Waals surface area contributed by atoms with Crippen LogP contribution in [0.4, 0.5) is 11.4 Å². The highest BCUT2D eigenvalue weighted by molar-refractivity contribution is 6.07. The highest BCUT2D eigenvalue weighted by Crippen LogP contribution is 2.64. The fourth-order valence-corrected chi connectivity index (χ4v) is 8.86. The molecule has 3 aliphatic rings. The van der Waals surface area contributed by atoms with Crippen molar-refractivity contribution in [1.82, 2.24) is 4.90 Å². The van der Waals surface area contributed by atoms with Gasteiger partial charge >= 0.3 is 0 Å². The SMILES string of the molecule is C=CCN(C(=O)[C@H]1[C@H]2C(=O)N([C@@H](CO)Cc3ccccc3)C(C(=O)N(CC=C)c3c(C)cccc3C)C23CC[C@]1(C)O3)c1ccc(OCC)cc1. The number of aliphatic hydroxyl groups is 1. The van der Waals surface area contributed by atoms with Crippen LogP contribution in [0.5, 0.6) is 5.75 Å². The van der Waals surface area contributed by atoms with E-state index in [0.717, 1.165) is 22.4 Å². The Morgan fingerprint density at radius 1 is 0.961 bits per heavy atom. The standard InChI is InChI=1S/C42H49N3O6/c1-7-24-43(31-18-20-33(21-19-31)50-9-3)38(47)34-35-39(48)45(32(27-46)26-30-16-11-10-12-17-30)37(42(35)23-22-41(34,6)51-42)40(49)44(25-8-2)36-28(4)14-13-15-29(36)5/h7-8,10-21,32,34-35,37,46H,1-2,9,22-27H2,3-6H3/t32-,34-,35+,37?,41+,42?/m1/s1. The van der Waals surface area contributed by atoms with Crippen LogP contribution in [-0.2, 0) is 25.5 Å². The number of para-hydroxylation sites is 1. The Labute approximate surface area is 301 Å². The van der Waals surface area contributed by atoms with Crippen molar-refractivity contribution < 1.29 is 29.0 Å². The monoisotopic (exact) mass is 691 g/mol. The van der Waals surface area contributed by atoms with Gasteiger partial charge in [-0.15, -0.1) is 13.2 Å². The Kier molecular flexibility index (Phi) is 10.2. The molecule has 0 radical (unpaired) electrons. The summed E-state index contributed by atoms with van der Waals surface area (Å²) in [6, 6.07) is 20.9. The molecule has 3 heterocycles. The zero-order valence-electron chi connectivity index (χ0n) is 30.1. The molecule has 6 atom stereocenters. The number of aryl methyl sites for hydroxylation is 2. The predicted molar refractivity (Wildman–Crippen MR) is 199 cm³/mol. The molecule has 3 fully saturated rings. The minimum absolute atomic E-state index is 0.205. The zero-order chi connectivity index (χ0) is 36.5. The van der Waals surface area contributed by atoms with Crippen molar-refractivity contribution in [2.75, 3.05) is 36.1 Å². The average Bonchev–Trinajstić information content (AvgIpc) is 3.70. The minimum atomic E-state index is -1.29. The van der Waals surface area contributed by atoms with E-state index in [4.69, 9.17) is 9.47 Å². The van der Waals surface area contributed by atoms with Crippen LogP contribution in [0.15, 0.2) is 98.1 Å². The van der Waals surface area contributed by atoms with E-state index in [9.17, 15) is 9.90 Å². The van der Waals surface area contributed by atoms with Crippen LogP contribution in [0.2, 0.25) is 0 Å². The summed E-state index contributed by atoms with van der Waals surface area (Å²) < 4.78 is 12.6. The first kappa shape index (κ1) is 36.1. The number of hydrogen-bond acceptors (Lipinski definition) is 6. The van der Waals surface area contributed by atoms with E-state index in [-0.39, 0.29) is 37.4 Å². The Morgan fingerprint density at radius 3 is 2.22 bits per heavy atom. The van der Waals surface area contributed by atoms with Gasteiger partial charge in [-0.05, 0) is 87.9 Å². The van der Waals surface area contributed by atoms with E-state index in [1.165, 1.54) is 0 Å². The van der Waals surface area contributed by atoms with Gasteiger partial charge in [-0.1, -0.05) is 60.7 Å². The Balaban J connectivity index is 1.47. The molecular weight excluding hydrogens is 642 g/mol. The Morgan fingerprint density at radius 2 is 1.61 bits per heavy atom. The van der Waals surface area contributed by atoms with E-state index < -0.39 is 35.1 Å². The normalized spacial score (nSPS) is 25.3. The number of rotatable bonds is 14. The van der Waals surface area contributed by atoms with Crippen LogP contribution in [0.3, 0.4) is 0 Å². The quantitative estimate of drug-likeness (QED) is 0.215. The molecule has 3 saturated heterocycles. The summed E-state index contributed by atoms with van der Waals surface area (Å²) in [5, 5.41) is 11.0. The van der Waals surface area contributed by atoms with E-state index in [1.807, 2.05) is 100 Å². The smallest absolute Gasteiger partial charge is 0.253 e. The second-order valence-corrected chi connectivity index (χ2v) is 14.1. The maximum atomic E-state index is 15.3. The first-order chi connectivity index (χ1) is 24.5. The third-order valence-electron chi connectivity index (χ3n) is 11.0. The third-order valence-corrected chi connectivity index (χ3v) is 11.0. The highest BCUT2D eigenvalue weighted by Gasteiger charge is 2.79. The maximum absolute atomic E-state index is 15.3. The summed E-state index contributed by atoms with van der Waals surface area (Å²) in [6.07, 6.45) is 4.57. The molecule has 51 heavy (non-hydrogen) atoms. The molecule has 0 aliphatic carbocycles. The van der Waals surface area contributed by atoms with E-state index in [1.54, 1.807) is 26.9 Å². The number of nitrogens with zero attached hydrogens (tertiary/aromatic N) is 3. The van der Waals surface area contributed by atoms with Crippen LogP contribution in [0, 0.1) is 25.7 Å². The summed E-state index contributed by atoms with van der Waals surface area (Å²) in [5.74, 6) is -2.07. The number of ether oxygens (including phenoxy) is 2. The number of amides is 3. The van der Waals surface area contributed by atoms with Crippen LogP contribution in [-0.4, -0.2) is 77.3 Å². The molecule has 9 heteroatoms. The summed E-state index contributed by atoms with van der Waals surface area (Å²) in [5.41, 5.74) is 1.83. The summed E-state index contributed by atoms with van der Waals surface area (Å²) in [4.78, 5) is 50.3. The van der Waals surface area contributed by atoms with Crippen LogP contribution in [0.1, 0.15) is 43.4 Å². The van der Waals surface area contributed by atoms with Crippen molar-refractivity contribution in [3.8, 4) is 5.75 Å². The maximum Gasteiger partial charge on any atom is 0.253 e. The number of anilines is 2. The summed E-state index contributed by atoms with van der Waals surface area (Å²) in [7, 11) is 0. The number of benzene rings is 3. The van der Waals surface area contributed by atoms with Gasteiger partial charge in [0.1, 0.15) is 17.4 Å². The van der Waals surface area contributed by atoms with E-state index in [2.05, 4.69) is 13.2 Å². The topological polar surface area (TPSA) is 99.6 Å². The first-order valence-electron chi connectivity index (χ1n) is 17.9. The van der Waals surface area contributed by atoms with Gasteiger partial charge in [-0.25, -0.2) is 0 Å². The average molecular weight is 692 g/mol. The van der Waals surface area contributed by atoms with Crippen LogP contribution >= 0.6 is 0 Å². The Hall–Kier alpha value is -4.73. The van der Waals surface area contributed by atoms with E-state index >= 15 is 9.59 Å². The summed E-state index contributed by atoms with van der Waals surface area (Å²) >= 11 is 0. The second-order valence-electron chi connectivity index (χ2n) is 14.1. The largest absolute Gasteiger partial charge is 0.494 e. The van der Waals surface area contributed by atoms with Gasteiger partial charge in [0.25, 0.3) is 5.91 Å². The van der Waals surface area contributed by atoms with Gasteiger partial charge in [0.15, 0.2) is 0 Å². The lowest BCUT2D eigenvalue weighted by atomic mass is 9.66. The van der Waals surface area contributed by atoms with Crippen molar-refractivity contribution in [3.05, 3.63) is 115 Å². The lowest BCUT2D eigenvalue weighted by Crippen LogP contribution is -2.59. The highest BCUT2D eigenvalue weighted by atomic mass is 16.5. The van der Waals surface area contributed by atoms with E-state index in [0.29, 0.717) is 37.3 Å². The van der Waals surface area contributed by atoms with Gasteiger partial charge in [0, 0.05) is 24.5 Å². The fraction of sp³-hybridized carbons (Fsp3) is 0.405. The number of likely N-dealkylation sites (tertiary alicyclic amines) is 1. The van der Waals surface area contributed by atoms with Crippen molar-refractivity contribution in [1.29, 1.82) is 0 Å². The Bertz CT molecular complexity index is 1770. The van der Waals surface area contributed by atoms with Crippen molar-refractivity contribution in [2.24, 2.45) is 11.8 Å². The van der Waals surface area contributed by atoms with Gasteiger partial charge in [-0.2, -0.15) is 0 Å². The molecule has 0 saturated carbocycles. The third kappa shape index (κ3) is 6.16.